The lowest BCUT2D eigenvalue weighted by Gasteiger charge is -2.41. The molecule has 1 aromatic heterocycles. The Morgan fingerprint density at radius 1 is 1.02 bits per heavy atom. The summed E-state index contributed by atoms with van der Waals surface area (Å²) in [5.74, 6) is 6.58. The fraction of sp³-hybridized carbons (Fsp3) is 0.351. The second-order valence-electron chi connectivity index (χ2n) is 12.8. The number of rotatable bonds is 10. The van der Waals surface area contributed by atoms with Crippen molar-refractivity contribution < 1.29 is 19.1 Å². The second kappa shape index (κ2) is 13.4. The molecule has 2 atom stereocenters. The van der Waals surface area contributed by atoms with Crippen LogP contribution < -0.4 is 10.6 Å². The molecular formula is C37H44N4O4. The molecule has 0 spiro atoms. The molecule has 4 aromatic rings. The highest BCUT2D eigenvalue weighted by Crippen LogP contribution is 2.50. The minimum atomic E-state index is -1.01. The van der Waals surface area contributed by atoms with Crippen LogP contribution in [0, 0.1) is 0 Å². The van der Waals surface area contributed by atoms with Crippen LogP contribution in [0.1, 0.15) is 55.4 Å². The summed E-state index contributed by atoms with van der Waals surface area (Å²) in [6, 6.07) is 27.0. The van der Waals surface area contributed by atoms with Gasteiger partial charge in [0, 0.05) is 37.3 Å². The lowest BCUT2D eigenvalue weighted by atomic mass is 9.70. The number of pyridine rings is 1. The Balaban J connectivity index is 1.69. The van der Waals surface area contributed by atoms with Crippen LogP contribution in [0.3, 0.4) is 0 Å². The topological polar surface area (TPSA) is 90.1 Å². The molecule has 8 heteroatoms. The Labute approximate surface area is 266 Å². The summed E-state index contributed by atoms with van der Waals surface area (Å²) in [5.41, 5.74) is 3.15. The van der Waals surface area contributed by atoms with Crippen molar-refractivity contribution in [1.29, 1.82) is 0 Å². The van der Waals surface area contributed by atoms with Crippen LogP contribution in [-0.4, -0.2) is 67.3 Å². The maximum atomic E-state index is 12.9. The molecule has 0 radical (unpaired) electrons. The van der Waals surface area contributed by atoms with E-state index in [1.165, 1.54) is 0 Å². The van der Waals surface area contributed by atoms with E-state index in [9.17, 15) is 4.79 Å². The molecule has 1 aliphatic rings. The molecule has 236 valence electrons. The summed E-state index contributed by atoms with van der Waals surface area (Å²) in [7, 11) is 5.73. The van der Waals surface area contributed by atoms with Crippen LogP contribution >= 0.6 is 0 Å². The van der Waals surface area contributed by atoms with E-state index in [0.717, 1.165) is 45.1 Å². The van der Waals surface area contributed by atoms with E-state index < -0.39 is 17.1 Å². The SMILES string of the molecule is COc1ncc(C2=CCN(C(=O)OC(C)(C)C)C2)cc1C(c1ccccc1)C(CCN(C)C)(ON)c1cccc2ccccc12. The van der Waals surface area contributed by atoms with Gasteiger partial charge in [-0.1, -0.05) is 78.9 Å². The summed E-state index contributed by atoms with van der Waals surface area (Å²) in [6.45, 7) is 7.21. The van der Waals surface area contributed by atoms with Crippen LogP contribution in [0.4, 0.5) is 4.79 Å². The van der Waals surface area contributed by atoms with Gasteiger partial charge in [0.25, 0.3) is 0 Å². The molecule has 3 aromatic carbocycles. The molecule has 1 aliphatic heterocycles. The number of hydrogen-bond acceptors (Lipinski definition) is 7. The maximum absolute atomic E-state index is 12.9. The molecule has 2 N–H and O–H groups in total. The van der Waals surface area contributed by atoms with Gasteiger partial charge in [0.1, 0.15) is 11.2 Å². The van der Waals surface area contributed by atoms with Gasteiger partial charge in [0.05, 0.1) is 7.11 Å². The summed E-state index contributed by atoms with van der Waals surface area (Å²) in [5, 5.41) is 2.17. The average molecular weight is 609 g/mol. The predicted molar refractivity (Wildman–Crippen MR) is 179 cm³/mol. The fourth-order valence-electron chi connectivity index (χ4n) is 6.21. The van der Waals surface area contributed by atoms with Crippen molar-refractivity contribution in [2.75, 3.05) is 40.8 Å². The lowest BCUT2D eigenvalue weighted by molar-refractivity contribution is -0.0747. The molecule has 0 saturated carbocycles. The van der Waals surface area contributed by atoms with Gasteiger partial charge in [-0.15, -0.1) is 0 Å². The zero-order valence-corrected chi connectivity index (χ0v) is 27.1. The monoisotopic (exact) mass is 608 g/mol. The first-order chi connectivity index (χ1) is 21.6. The zero-order valence-electron chi connectivity index (χ0n) is 27.1. The fourth-order valence-corrected chi connectivity index (χ4v) is 6.21. The molecule has 8 nitrogen and oxygen atoms in total. The van der Waals surface area contributed by atoms with Gasteiger partial charge in [-0.05, 0) is 80.4 Å². The van der Waals surface area contributed by atoms with Crippen LogP contribution in [-0.2, 0) is 15.2 Å². The number of hydrogen-bond donors (Lipinski definition) is 1. The van der Waals surface area contributed by atoms with E-state index in [4.69, 9.17) is 25.2 Å². The van der Waals surface area contributed by atoms with Gasteiger partial charge in [-0.25, -0.2) is 15.7 Å². The van der Waals surface area contributed by atoms with Gasteiger partial charge in [0.2, 0.25) is 5.88 Å². The number of aromatic nitrogens is 1. The van der Waals surface area contributed by atoms with E-state index in [-0.39, 0.29) is 6.09 Å². The minimum absolute atomic E-state index is 0.340. The molecule has 0 aliphatic carbocycles. The summed E-state index contributed by atoms with van der Waals surface area (Å²) >= 11 is 0. The zero-order chi connectivity index (χ0) is 32.2. The number of carbonyl (C=O) groups excluding carboxylic acids is 1. The van der Waals surface area contributed by atoms with E-state index in [2.05, 4.69) is 59.5 Å². The van der Waals surface area contributed by atoms with E-state index in [1.54, 1.807) is 18.2 Å². The smallest absolute Gasteiger partial charge is 0.410 e. The lowest BCUT2D eigenvalue weighted by Crippen LogP contribution is -2.42. The van der Waals surface area contributed by atoms with Crippen LogP contribution in [0.25, 0.3) is 16.3 Å². The van der Waals surface area contributed by atoms with Crippen LogP contribution in [0.5, 0.6) is 5.88 Å². The highest BCUT2D eigenvalue weighted by molar-refractivity contribution is 5.87. The first-order valence-electron chi connectivity index (χ1n) is 15.3. The van der Waals surface area contributed by atoms with Crippen molar-refractivity contribution in [1.82, 2.24) is 14.8 Å². The number of nitrogens with zero attached hydrogens (tertiary/aromatic N) is 3. The van der Waals surface area contributed by atoms with E-state index in [1.807, 2.05) is 65.2 Å². The number of ether oxygens (including phenoxy) is 2. The average Bonchev–Trinajstić information content (AvgIpc) is 3.53. The Morgan fingerprint density at radius 2 is 1.73 bits per heavy atom. The highest BCUT2D eigenvalue weighted by Gasteiger charge is 2.46. The number of carbonyl (C=O) groups is 1. The van der Waals surface area contributed by atoms with E-state index >= 15 is 0 Å². The third-order valence-electron chi connectivity index (χ3n) is 8.31. The largest absolute Gasteiger partial charge is 0.481 e. The molecule has 0 bridgehead atoms. The van der Waals surface area contributed by atoms with Crippen molar-refractivity contribution in [3.8, 4) is 5.88 Å². The summed E-state index contributed by atoms with van der Waals surface area (Å²) < 4.78 is 11.6. The van der Waals surface area contributed by atoms with Crippen LogP contribution in [0.15, 0.2) is 91.1 Å². The molecule has 0 saturated heterocycles. The van der Waals surface area contributed by atoms with Gasteiger partial charge in [0.15, 0.2) is 0 Å². The Bertz CT molecular complexity index is 1660. The molecular weight excluding hydrogens is 564 g/mol. The van der Waals surface area contributed by atoms with Crippen molar-refractivity contribution in [2.24, 2.45) is 5.90 Å². The standard InChI is InChI=1S/C37H44N4O4/c1-36(2,3)44-35(42)41-21-19-28(25-41)29-23-31(34(43-6)39-24-29)33(27-14-8-7-9-15-27)37(45-38,20-22-40(4)5)32-18-12-16-26-13-10-11-17-30(26)32/h7-19,23-24,33H,20-22,25,38H2,1-6H3. The van der Waals surface area contributed by atoms with Crippen molar-refractivity contribution >= 4 is 22.4 Å². The molecule has 1 amide bonds. The molecule has 2 heterocycles. The number of fused-ring (bicyclic) bond motifs is 1. The van der Waals surface area contributed by atoms with Crippen LogP contribution in [0.2, 0.25) is 0 Å². The molecule has 5 rings (SSSR count). The third-order valence-corrected chi connectivity index (χ3v) is 8.31. The predicted octanol–water partition coefficient (Wildman–Crippen LogP) is 6.75. The normalized spacial score (nSPS) is 15.6. The van der Waals surface area contributed by atoms with Crippen molar-refractivity contribution in [2.45, 2.75) is 44.3 Å². The number of benzene rings is 3. The minimum Gasteiger partial charge on any atom is -0.481 e. The van der Waals surface area contributed by atoms with Gasteiger partial charge in [-0.2, -0.15) is 0 Å². The van der Waals surface area contributed by atoms with E-state index in [0.29, 0.717) is 25.4 Å². The number of methoxy groups -OCH3 is 1. The Morgan fingerprint density at radius 3 is 2.42 bits per heavy atom. The third kappa shape index (κ3) is 6.88. The van der Waals surface area contributed by atoms with Gasteiger partial charge < -0.3 is 19.3 Å². The number of nitrogens with two attached hydrogens (primary N) is 1. The van der Waals surface area contributed by atoms with Gasteiger partial charge >= 0.3 is 6.09 Å². The first-order valence-corrected chi connectivity index (χ1v) is 15.3. The van der Waals surface area contributed by atoms with Crippen molar-refractivity contribution in [3.05, 3.63) is 113 Å². The van der Waals surface area contributed by atoms with Gasteiger partial charge in [-0.3, -0.25) is 4.84 Å². The van der Waals surface area contributed by atoms with Crippen molar-refractivity contribution in [3.63, 3.8) is 0 Å². The maximum Gasteiger partial charge on any atom is 0.410 e. The first kappa shape index (κ1) is 32.2. The molecule has 2 unspecified atom stereocenters. The quantitative estimate of drug-likeness (QED) is 0.199. The number of amides is 1. The second-order valence-corrected chi connectivity index (χ2v) is 12.8. The highest BCUT2D eigenvalue weighted by atomic mass is 16.6. The Kier molecular flexibility index (Phi) is 9.58. The Hall–Kier alpha value is -4.24. The summed E-state index contributed by atoms with van der Waals surface area (Å²) in [6.07, 6.45) is 4.11. The summed E-state index contributed by atoms with van der Waals surface area (Å²) in [4.78, 5) is 27.8. The molecule has 0 fully saturated rings. The molecule has 45 heavy (non-hydrogen) atoms.